The third-order valence-electron chi connectivity index (χ3n) is 4.09. The van der Waals surface area contributed by atoms with Gasteiger partial charge in [-0.1, -0.05) is 53.4 Å². The highest BCUT2D eigenvalue weighted by Crippen LogP contribution is 2.24. The van der Waals surface area contributed by atoms with Crippen LogP contribution < -0.4 is 0 Å². The van der Waals surface area contributed by atoms with Crippen LogP contribution in [0.4, 0.5) is 4.39 Å². The van der Waals surface area contributed by atoms with Gasteiger partial charge in [-0.25, -0.2) is 4.39 Å². The van der Waals surface area contributed by atoms with Gasteiger partial charge in [0.1, 0.15) is 5.82 Å². The summed E-state index contributed by atoms with van der Waals surface area (Å²) in [5, 5.41) is 0. The van der Waals surface area contributed by atoms with Gasteiger partial charge in [0.25, 0.3) is 0 Å². The lowest BCUT2D eigenvalue weighted by Gasteiger charge is -2.32. The number of halogens is 2. The molecule has 110 valence electrons. The zero-order valence-corrected chi connectivity index (χ0v) is 13.4. The smallest absolute Gasteiger partial charge is 0.236 e. The summed E-state index contributed by atoms with van der Waals surface area (Å²) in [4.78, 5) is 13.9. The monoisotopic (exact) mass is 341 g/mol. The zero-order chi connectivity index (χ0) is 14.5. The van der Waals surface area contributed by atoms with Gasteiger partial charge in [0.15, 0.2) is 0 Å². The van der Waals surface area contributed by atoms with Crippen molar-refractivity contribution in [1.29, 1.82) is 0 Å². The molecule has 1 amide bonds. The molecule has 1 fully saturated rings. The number of benzene rings is 1. The van der Waals surface area contributed by atoms with E-state index in [1.54, 1.807) is 18.2 Å². The van der Waals surface area contributed by atoms with Crippen LogP contribution in [0.25, 0.3) is 0 Å². The van der Waals surface area contributed by atoms with Gasteiger partial charge in [-0.3, -0.25) is 4.79 Å². The van der Waals surface area contributed by atoms with Gasteiger partial charge >= 0.3 is 0 Å². The van der Waals surface area contributed by atoms with Crippen LogP contribution in [-0.2, 0) is 11.2 Å². The Morgan fingerprint density at radius 3 is 2.65 bits per heavy atom. The molecule has 1 aromatic carbocycles. The maximum absolute atomic E-state index is 13.6. The molecular weight excluding hydrogens is 321 g/mol. The van der Waals surface area contributed by atoms with Gasteiger partial charge in [0.2, 0.25) is 5.91 Å². The van der Waals surface area contributed by atoms with Crippen LogP contribution in [0.3, 0.4) is 0 Å². The normalized spacial score (nSPS) is 17.8. The second-order valence-electron chi connectivity index (χ2n) is 5.50. The third kappa shape index (κ3) is 3.81. The molecule has 2 nitrogen and oxygen atoms in total. The van der Waals surface area contributed by atoms with Crippen LogP contribution in [0.15, 0.2) is 24.3 Å². The predicted molar refractivity (Wildman–Crippen MR) is 82.5 cm³/mol. The largest absolute Gasteiger partial charge is 0.342 e. The Morgan fingerprint density at radius 2 is 2.00 bits per heavy atom. The number of rotatable bonds is 4. The number of carbonyl (C=O) groups excluding carboxylic acids is 1. The second-order valence-corrected chi connectivity index (χ2v) is 6.61. The Balaban J connectivity index is 1.96. The summed E-state index contributed by atoms with van der Waals surface area (Å²) in [5.41, 5.74) is 0.583. The number of carbonyl (C=O) groups is 1. The fraction of sp³-hybridized carbons (Fsp3) is 0.562. The highest BCUT2D eigenvalue weighted by molar-refractivity contribution is 9.10. The Hall–Kier alpha value is -0.900. The summed E-state index contributed by atoms with van der Waals surface area (Å²) in [6, 6.07) is 6.98. The lowest BCUT2D eigenvalue weighted by molar-refractivity contribution is -0.131. The maximum atomic E-state index is 13.6. The number of hydrogen-bond donors (Lipinski definition) is 0. The molecule has 1 aliphatic carbocycles. The second kappa shape index (κ2) is 7.21. The standard InChI is InChI=1S/C16H21BrFNO/c1-19(13-8-3-2-4-9-13)16(20)14(17)11-12-7-5-6-10-15(12)18/h5-7,10,13-14H,2-4,8-9,11H2,1H3. The Morgan fingerprint density at radius 1 is 1.35 bits per heavy atom. The molecule has 2 rings (SSSR count). The first kappa shape index (κ1) is 15.5. The van der Waals surface area contributed by atoms with Gasteiger partial charge in [0.05, 0.1) is 4.83 Å². The number of amides is 1. The van der Waals surface area contributed by atoms with Crippen molar-refractivity contribution in [3.63, 3.8) is 0 Å². The number of alkyl halides is 1. The first-order valence-electron chi connectivity index (χ1n) is 7.23. The topological polar surface area (TPSA) is 20.3 Å². The summed E-state index contributed by atoms with van der Waals surface area (Å²) >= 11 is 3.42. The molecule has 0 spiro atoms. The van der Waals surface area contributed by atoms with Crippen molar-refractivity contribution >= 4 is 21.8 Å². The molecule has 1 atom stereocenters. The molecular formula is C16H21BrFNO. The first-order chi connectivity index (χ1) is 9.59. The fourth-order valence-corrected chi connectivity index (χ4v) is 3.49. The Labute approximate surface area is 128 Å². The summed E-state index contributed by atoms with van der Waals surface area (Å²) in [6.45, 7) is 0. The minimum absolute atomic E-state index is 0.0557. The van der Waals surface area contributed by atoms with Crippen molar-refractivity contribution in [3.05, 3.63) is 35.6 Å². The van der Waals surface area contributed by atoms with Crippen LogP contribution in [0, 0.1) is 5.82 Å². The summed E-state index contributed by atoms with van der Waals surface area (Å²) in [6.07, 6.45) is 6.22. The molecule has 1 aromatic rings. The van der Waals surface area contributed by atoms with E-state index in [9.17, 15) is 9.18 Å². The lowest BCUT2D eigenvalue weighted by atomic mass is 9.94. The summed E-state index contributed by atoms with van der Waals surface area (Å²) in [5.74, 6) is -0.190. The summed E-state index contributed by atoms with van der Waals surface area (Å²) < 4.78 is 13.6. The molecule has 1 aliphatic rings. The molecule has 0 aliphatic heterocycles. The van der Waals surface area contributed by atoms with Crippen LogP contribution in [-0.4, -0.2) is 28.7 Å². The van der Waals surface area contributed by atoms with Crippen LogP contribution in [0.1, 0.15) is 37.7 Å². The molecule has 20 heavy (non-hydrogen) atoms. The molecule has 0 aromatic heterocycles. The van der Waals surface area contributed by atoms with E-state index >= 15 is 0 Å². The van der Waals surface area contributed by atoms with Crippen molar-refractivity contribution in [2.75, 3.05) is 7.05 Å². The molecule has 1 unspecified atom stereocenters. The van der Waals surface area contributed by atoms with Crippen LogP contribution >= 0.6 is 15.9 Å². The molecule has 4 heteroatoms. The fourth-order valence-electron chi connectivity index (χ4n) is 2.81. The number of hydrogen-bond acceptors (Lipinski definition) is 1. The van der Waals surface area contributed by atoms with Gasteiger partial charge < -0.3 is 4.90 Å². The van der Waals surface area contributed by atoms with E-state index in [0.29, 0.717) is 18.0 Å². The molecule has 0 heterocycles. The molecule has 0 saturated heterocycles. The van der Waals surface area contributed by atoms with Crippen molar-refractivity contribution in [2.24, 2.45) is 0 Å². The van der Waals surface area contributed by atoms with Crippen molar-refractivity contribution < 1.29 is 9.18 Å². The quantitative estimate of drug-likeness (QED) is 0.760. The van der Waals surface area contributed by atoms with Crippen molar-refractivity contribution in [1.82, 2.24) is 4.90 Å². The minimum atomic E-state index is -0.355. The molecule has 1 saturated carbocycles. The summed E-state index contributed by atoms with van der Waals surface area (Å²) in [7, 11) is 1.87. The third-order valence-corrected chi connectivity index (χ3v) is 4.81. The minimum Gasteiger partial charge on any atom is -0.342 e. The zero-order valence-electron chi connectivity index (χ0n) is 11.8. The van der Waals surface area contributed by atoms with E-state index in [1.807, 2.05) is 11.9 Å². The highest BCUT2D eigenvalue weighted by atomic mass is 79.9. The Bertz CT molecular complexity index is 460. The van der Waals surface area contributed by atoms with E-state index < -0.39 is 0 Å². The maximum Gasteiger partial charge on any atom is 0.236 e. The average Bonchev–Trinajstić information content (AvgIpc) is 2.49. The molecule has 0 N–H and O–H groups in total. The van der Waals surface area contributed by atoms with E-state index in [-0.39, 0.29) is 16.6 Å². The lowest BCUT2D eigenvalue weighted by Crippen LogP contribution is -2.42. The highest BCUT2D eigenvalue weighted by Gasteiger charge is 2.26. The Kier molecular flexibility index (Phi) is 5.58. The van der Waals surface area contributed by atoms with E-state index in [4.69, 9.17) is 0 Å². The van der Waals surface area contributed by atoms with Gasteiger partial charge in [-0.15, -0.1) is 0 Å². The predicted octanol–water partition coefficient (Wildman–Crippen LogP) is 3.92. The van der Waals surface area contributed by atoms with Crippen molar-refractivity contribution in [3.8, 4) is 0 Å². The first-order valence-corrected chi connectivity index (χ1v) is 8.15. The van der Waals surface area contributed by atoms with E-state index in [1.165, 1.54) is 25.3 Å². The van der Waals surface area contributed by atoms with Crippen molar-refractivity contribution in [2.45, 2.75) is 49.4 Å². The van der Waals surface area contributed by atoms with E-state index in [0.717, 1.165) is 12.8 Å². The van der Waals surface area contributed by atoms with Gasteiger partial charge in [-0.2, -0.15) is 0 Å². The van der Waals surface area contributed by atoms with Gasteiger partial charge in [-0.05, 0) is 30.9 Å². The molecule has 0 radical (unpaired) electrons. The average molecular weight is 342 g/mol. The SMILES string of the molecule is CN(C(=O)C(Br)Cc1ccccc1F)C1CCCCC1. The number of nitrogens with zero attached hydrogens (tertiary/aromatic N) is 1. The van der Waals surface area contributed by atoms with E-state index in [2.05, 4.69) is 15.9 Å². The van der Waals surface area contributed by atoms with Crippen LogP contribution in [0.5, 0.6) is 0 Å². The van der Waals surface area contributed by atoms with Crippen LogP contribution in [0.2, 0.25) is 0 Å². The molecule has 0 bridgehead atoms. The van der Waals surface area contributed by atoms with Gasteiger partial charge in [0, 0.05) is 13.1 Å².